The van der Waals surface area contributed by atoms with E-state index < -0.39 is 9.52 Å². The Hall–Kier alpha value is -0.903. The fraction of sp³-hybridized carbons (Fsp3) is 0.652. The lowest BCUT2D eigenvalue weighted by Gasteiger charge is -2.49. The molecule has 0 amide bonds. The molecule has 0 heterocycles. The average molecular weight is 375 g/mol. The molecule has 0 saturated carbocycles. The average Bonchev–Trinajstić information content (AvgIpc) is 2.61. The van der Waals surface area contributed by atoms with Crippen LogP contribution in [0.4, 0.5) is 0 Å². The van der Waals surface area contributed by atoms with Gasteiger partial charge < -0.3 is 0 Å². The smallest absolute Gasteiger partial charge is 0.0958 e. The molecule has 148 valence electrons. The summed E-state index contributed by atoms with van der Waals surface area (Å²) >= 11 is 0. The maximum atomic E-state index is 4.08. The van der Waals surface area contributed by atoms with E-state index in [1.807, 2.05) is 0 Å². The summed E-state index contributed by atoms with van der Waals surface area (Å²) in [6, 6.07) is 9.25. The van der Waals surface area contributed by atoms with Gasteiger partial charge in [-0.25, -0.2) is 0 Å². The van der Waals surface area contributed by atoms with Crippen molar-refractivity contribution in [2.24, 2.45) is 0 Å². The molecule has 1 aromatic carbocycles. The Balaban J connectivity index is 3.20. The zero-order valence-electron chi connectivity index (χ0n) is 18.3. The van der Waals surface area contributed by atoms with Crippen LogP contribution in [0, 0.1) is 0 Å². The van der Waals surface area contributed by atoms with Gasteiger partial charge in [0.2, 0.25) is 0 Å². The van der Waals surface area contributed by atoms with Crippen molar-refractivity contribution >= 4 is 20.3 Å². The molecule has 0 saturated heterocycles. The Morgan fingerprint density at radius 3 is 1.54 bits per heavy atom. The summed E-state index contributed by atoms with van der Waals surface area (Å²) in [4.78, 5) is 5.58. The summed E-state index contributed by atoms with van der Waals surface area (Å²) in [6.07, 6.45) is 4.91. The third kappa shape index (κ3) is 6.36. The number of rotatable bonds is 13. The first-order valence-corrected chi connectivity index (χ1v) is 12.1. The molecule has 0 radical (unpaired) electrons. The molecule has 0 unspecified atom stereocenters. The number of allylic oxidation sites excluding steroid dienone is 1. The third-order valence-electron chi connectivity index (χ3n) is 5.32. The van der Waals surface area contributed by atoms with Crippen LogP contribution in [0.15, 0.2) is 30.8 Å². The lowest BCUT2D eigenvalue weighted by Crippen LogP contribution is -2.65. The fourth-order valence-electron chi connectivity index (χ4n) is 3.98. The summed E-state index contributed by atoms with van der Waals surface area (Å²) in [7, 11) is -0.488. The number of hydrogen-bond donors (Lipinski definition) is 0. The lowest BCUT2D eigenvalue weighted by molar-refractivity contribution is 0.0163. The van der Waals surface area contributed by atoms with E-state index in [0.29, 0.717) is 0 Å². The minimum Gasteiger partial charge on any atom is -0.289 e. The van der Waals surface area contributed by atoms with Gasteiger partial charge in [0.15, 0.2) is 0 Å². The first-order chi connectivity index (χ1) is 12.4. The van der Waals surface area contributed by atoms with Crippen molar-refractivity contribution in [3.63, 3.8) is 0 Å². The second kappa shape index (κ2) is 11.7. The lowest BCUT2D eigenvalue weighted by atomic mass is 10.1. The van der Waals surface area contributed by atoms with Crippen molar-refractivity contribution in [3.8, 4) is 0 Å². The van der Waals surface area contributed by atoms with Crippen molar-refractivity contribution in [1.82, 2.24) is 9.80 Å². The molecule has 1 aromatic rings. The fourth-order valence-corrected chi connectivity index (χ4v) is 6.31. The van der Waals surface area contributed by atoms with Gasteiger partial charge in [-0.2, -0.15) is 0 Å². The SMILES string of the molecule is C=C(C)c1ccc([SiH2]C(C)(N(CCC)CCC)N(CCC)CCC)cc1. The highest BCUT2D eigenvalue weighted by Crippen LogP contribution is 2.22. The van der Waals surface area contributed by atoms with Crippen LogP contribution in [0.3, 0.4) is 0 Å². The van der Waals surface area contributed by atoms with Gasteiger partial charge in [0.05, 0.1) is 14.8 Å². The summed E-state index contributed by atoms with van der Waals surface area (Å²) in [5, 5.41) is 1.77. The highest BCUT2D eigenvalue weighted by atomic mass is 28.2. The molecule has 3 heteroatoms. The molecule has 0 fully saturated rings. The maximum absolute atomic E-state index is 4.08. The first-order valence-electron chi connectivity index (χ1n) is 10.7. The van der Waals surface area contributed by atoms with E-state index >= 15 is 0 Å². The first kappa shape index (κ1) is 23.1. The molecule has 26 heavy (non-hydrogen) atoms. The van der Waals surface area contributed by atoms with Crippen LogP contribution in [0.25, 0.3) is 5.57 Å². The summed E-state index contributed by atoms with van der Waals surface area (Å²) < 4.78 is 0. The van der Waals surface area contributed by atoms with Crippen molar-refractivity contribution in [2.75, 3.05) is 26.2 Å². The van der Waals surface area contributed by atoms with Crippen molar-refractivity contribution < 1.29 is 0 Å². The third-order valence-corrected chi connectivity index (χ3v) is 7.77. The summed E-state index contributed by atoms with van der Waals surface area (Å²) in [5.41, 5.74) is 2.42. The zero-order valence-corrected chi connectivity index (χ0v) is 19.7. The predicted octanol–water partition coefficient (Wildman–Crippen LogP) is 4.43. The van der Waals surface area contributed by atoms with Crippen LogP contribution >= 0.6 is 0 Å². The van der Waals surface area contributed by atoms with Gasteiger partial charge in [-0.3, -0.25) is 9.80 Å². The van der Waals surface area contributed by atoms with Crippen molar-refractivity contribution in [1.29, 1.82) is 0 Å². The Morgan fingerprint density at radius 2 is 1.23 bits per heavy atom. The van der Waals surface area contributed by atoms with Crippen LogP contribution in [0.2, 0.25) is 0 Å². The minimum absolute atomic E-state index is 0.211. The molecule has 1 rings (SSSR count). The second-order valence-corrected chi connectivity index (χ2v) is 10.4. The van der Waals surface area contributed by atoms with Gasteiger partial charge in [-0.15, -0.1) is 0 Å². The molecule has 0 aliphatic heterocycles. The van der Waals surface area contributed by atoms with Crippen molar-refractivity contribution in [2.45, 2.75) is 72.5 Å². The largest absolute Gasteiger partial charge is 0.289 e. The van der Waals surface area contributed by atoms with E-state index in [1.54, 1.807) is 5.19 Å². The molecule has 0 atom stereocenters. The Morgan fingerprint density at radius 1 is 0.846 bits per heavy atom. The molecule has 0 aliphatic rings. The molecule has 0 aromatic heterocycles. The Labute approximate surface area is 165 Å². The second-order valence-electron chi connectivity index (χ2n) is 7.85. The molecular weight excluding hydrogens is 332 g/mol. The van der Waals surface area contributed by atoms with Gasteiger partial charge in [0.1, 0.15) is 0 Å². The van der Waals surface area contributed by atoms with Crippen LogP contribution in [-0.2, 0) is 0 Å². The highest BCUT2D eigenvalue weighted by molar-refractivity contribution is 6.56. The van der Waals surface area contributed by atoms with Gasteiger partial charge in [0, 0.05) is 0 Å². The van der Waals surface area contributed by atoms with E-state index in [2.05, 4.69) is 82.2 Å². The van der Waals surface area contributed by atoms with E-state index in [0.717, 1.165) is 5.57 Å². The van der Waals surface area contributed by atoms with Gasteiger partial charge in [-0.1, -0.05) is 69.3 Å². The molecule has 0 N–H and O–H groups in total. The van der Waals surface area contributed by atoms with E-state index in [1.165, 1.54) is 57.4 Å². The normalized spacial score (nSPS) is 12.6. The van der Waals surface area contributed by atoms with E-state index in [-0.39, 0.29) is 5.29 Å². The van der Waals surface area contributed by atoms with Gasteiger partial charge in [-0.05, 0) is 71.3 Å². The molecule has 0 spiro atoms. The summed E-state index contributed by atoms with van der Waals surface area (Å²) in [5.74, 6) is 0. The highest BCUT2D eigenvalue weighted by Gasteiger charge is 2.36. The van der Waals surface area contributed by atoms with Gasteiger partial charge >= 0.3 is 0 Å². The molecule has 0 aliphatic carbocycles. The van der Waals surface area contributed by atoms with Crippen LogP contribution in [-0.4, -0.2) is 50.8 Å². The Kier molecular flexibility index (Phi) is 10.4. The van der Waals surface area contributed by atoms with Crippen LogP contribution in [0.5, 0.6) is 0 Å². The summed E-state index contributed by atoms with van der Waals surface area (Å²) in [6.45, 7) is 22.8. The maximum Gasteiger partial charge on any atom is 0.0958 e. The Bertz CT molecular complexity index is 496. The molecular formula is C23H42N2Si. The monoisotopic (exact) mass is 374 g/mol. The van der Waals surface area contributed by atoms with Gasteiger partial charge in [0.25, 0.3) is 0 Å². The van der Waals surface area contributed by atoms with Crippen LogP contribution in [0.1, 0.15) is 72.8 Å². The number of hydrogen-bond acceptors (Lipinski definition) is 2. The van der Waals surface area contributed by atoms with E-state index in [4.69, 9.17) is 0 Å². The zero-order chi connectivity index (χ0) is 19.6. The molecule has 0 bridgehead atoms. The van der Waals surface area contributed by atoms with Crippen molar-refractivity contribution in [3.05, 3.63) is 36.4 Å². The quantitative estimate of drug-likeness (QED) is 0.372. The predicted molar refractivity (Wildman–Crippen MR) is 122 cm³/mol. The minimum atomic E-state index is -0.488. The van der Waals surface area contributed by atoms with E-state index in [9.17, 15) is 0 Å². The number of nitrogens with zero attached hydrogens (tertiary/aromatic N) is 2. The standard InChI is InChI=1S/C23H42N2Si/c1-8-16-24(17-9-2)23(7,25(18-10-3)19-11-4)26-22-14-12-21(13-15-22)20(5)6/h12-15H,5,8-11,16-19,26H2,1-4,6-7H3. The van der Waals surface area contributed by atoms with Crippen LogP contribution < -0.4 is 5.19 Å². The molecule has 2 nitrogen and oxygen atoms in total. The number of benzene rings is 1. The topological polar surface area (TPSA) is 6.48 Å².